The molecule has 104 valence electrons. The number of ketones is 1. The molecule has 0 aliphatic heterocycles. The van der Waals surface area contributed by atoms with Crippen LogP contribution in [0.25, 0.3) is 0 Å². The fourth-order valence-electron chi connectivity index (χ4n) is 1.50. The molecule has 0 saturated carbocycles. The average molecular weight is 273 g/mol. The molecule has 0 aromatic heterocycles. The highest BCUT2D eigenvalue weighted by Gasteiger charge is 2.31. The van der Waals surface area contributed by atoms with Crippen molar-refractivity contribution in [1.82, 2.24) is 5.32 Å². The summed E-state index contributed by atoms with van der Waals surface area (Å²) in [6, 6.07) is 3.36. The van der Waals surface area contributed by atoms with E-state index in [1.807, 2.05) is 0 Å². The van der Waals surface area contributed by atoms with Crippen LogP contribution in [-0.4, -0.2) is 17.7 Å². The van der Waals surface area contributed by atoms with Crippen LogP contribution in [0.3, 0.4) is 0 Å². The molecule has 1 N–H and O–H groups in total. The van der Waals surface area contributed by atoms with E-state index in [9.17, 15) is 22.8 Å². The van der Waals surface area contributed by atoms with E-state index in [4.69, 9.17) is 0 Å². The quantitative estimate of drug-likeness (QED) is 0.916. The third-order valence-electron chi connectivity index (χ3n) is 2.63. The highest BCUT2D eigenvalue weighted by molar-refractivity contribution is 5.97. The average Bonchev–Trinajstić information content (AvgIpc) is 2.36. The van der Waals surface area contributed by atoms with Gasteiger partial charge in [0.1, 0.15) is 0 Å². The molecule has 0 radical (unpaired) electrons. The minimum absolute atomic E-state index is 0.120. The Bertz CT molecular complexity index is 483. The molecule has 1 aromatic carbocycles. The summed E-state index contributed by atoms with van der Waals surface area (Å²) in [5, 5.41) is 2.37. The molecule has 0 fully saturated rings. The summed E-state index contributed by atoms with van der Waals surface area (Å²) in [5.41, 5.74) is -1.01. The first-order chi connectivity index (χ1) is 8.75. The normalized spacial score (nSPS) is 12.9. The standard InChI is InChI=1S/C13H14F3NO2/c1-3-11(18)8(2)17-12(19)9-5-4-6-10(7-9)13(14,15)16/h4-8H,3H2,1-2H3,(H,17,19). The van der Waals surface area contributed by atoms with E-state index in [0.29, 0.717) is 0 Å². The van der Waals surface area contributed by atoms with E-state index in [-0.39, 0.29) is 17.8 Å². The molecule has 0 spiro atoms. The number of amides is 1. The second-order valence-corrected chi connectivity index (χ2v) is 4.09. The van der Waals surface area contributed by atoms with Gasteiger partial charge in [0.2, 0.25) is 0 Å². The van der Waals surface area contributed by atoms with Crippen molar-refractivity contribution in [2.75, 3.05) is 0 Å². The molecular formula is C13H14F3NO2. The number of rotatable bonds is 4. The lowest BCUT2D eigenvalue weighted by atomic mass is 10.1. The van der Waals surface area contributed by atoms with Gasteiger partial charge < -0.3 is 5.32 Å². The first kappa shape index (κ1) is 15.2. The molecule has 1 unspecified atom stereocenters. The summed E-state index contributed by atoms with van der Waals surface area (Å²) in [6.45, 7) is 3.15. The van der Waals surface area contributed by atoms with Gasteiger partial charge in [0.05, 0.1) is 11.6 Å². The number of benzene rings is 1. The van der Waals surface area contributed by atoms with Crippen LogP contribution in [0.5, 0.6) is 0 Å². The number of hydrogen-bond donors (Lipinski definition) is 1. The van der Waals surface area contributed by atoms with E-state index in [2.05, 4.69) is 5.32 Å². The Morgan fingerprint density at radius 2 is 1.95 bits per heavy atom. The smallest absolute Gasteiger partial charge is 0.343 e. The van der Waals surface area contributed by atoms with Crippen molar-refractivity contribution < 1.29 is 22.8 Å². The zero-order valence-electron chi connectivity index (χ0n) is 10.5. The number of Topliss-reactive ketones (excluding diaryl/α,β-unsaturated/α-hetero) is 1. The number of halogens is 3. The molecule has 0 bridgehead atoms. The summed E-state index contributed by atoms with van der Waals surface area (Å²) in [6.07, 6.45) is -4.24. The van der Waals surface area contributed by atoms with E-state index in [1.165, 1.54) is 13.0 Å². The van der Waals surface area contributed by atoms with Crippen LogP contribution in [-0.2, 0) is 11.0 Å². The summed E-state index contributed by atoms with van der Waals surface area (Å²) < 4.78 is 37.5. The minimum Gasteiger partial charge on any atom is -0.343 e. The van der Waals surface area contributed by atoms with Crippen LogP contribution in [0.15, 0.2) is 24.3 Å². The van der Waals surface area contributed by atoms with Gasteiger partial charge in [-0.05, 0) is 25.1 Å². The summed E-state index contributed by atoms with van der Waals surface area (Å²) in [4.78, 5) is 23.0. The Morgan fingerprint density at radius 3 is 2.47 bits per heavy atom. The third kappa shape index (κ3) is 4.08. The molecular weight excluding hydrogens is 259 g/mol. The van der Waals surface area contributed by atoms with Crippen molar-refractivity contribution in [1.29, 1.82) is 0 Å². The van der Waals surface area contributed by atoms with Crippen LogP contribution in [0.4, 0.5) is 13.2 Å². The van der Waals surface area contributed by atoms with Crippen LogP contribution in [0.1, 0.15) is 36.2 Å². The molecule has 0 aliphatic rings. The van der Waals surface area contributed by atoms with Crippen molar-refractivity contribution in [2.24, 2.45) is 0 Å². The summed E-state index contributed by atoms with van der Waals surface area (Å²) >= 11 is 0. The third-order valence-corrected chi connectivity index (χ3v) is 2.63. The van der Waals surface area contributed by atoms with Gasteiger partial charge in [-0.3, -0.25) is 9.59 Å². The molecule has 3 nitrogen and oxygen atoms in total. The molecule has 0 aliphatic carbocycles. The lowest BCUT2D eigenvalue weighted by Crippen LogP contribution is -2.38. The predicted molar refractivity (Wildman–Crippen MR) is 63.7 cm³/mol. The second kappa shape index (κ2) is 5.86. The number of carbonyl (C=O) groups excluding carboxylic acids is 2. The van der Waals surface area contributed by atoms with Crippen molar-refractivity contribution in [3.8, 4) is 0 Å². The Hall–Kier alpha value is -1.85. The van der Waals surface area contributed by atoms with Gasteiger partial charge >= 0.3 is 6.18 Å². The van der Waals surface area contributed by atoms with E-state index >= 15 is 0 Å². The second-order valence-electron chi connectivity index (χ2n) is 4.09. The van der Waals surface area contributed by atoms with Gasteiger partial charge in [-0.2, -0.15) is 13.2 Å². The fraction of sp³-hybridized carbons (Fsp3) is 0.385. The van der Waals surface area contributed by atoms with Gasteiger partial charge in [-0.1, -0.05) is 13.0 Å². The van der Waals surface area contributed by atoms with E-state index in [0.717, 1.165) is 18.2 Å². The number of carbonyl (C=O) groups is 2. The highest BCUT2D eigenvalue weighted by Crippen LogP contribution is 2.29. The maximum Gasteiger partial charge on any atom is 0.416 e. The van der Waals surface area contributed by atoms with Crippen molar-refractivity contribution in [3.05, 3.63) is 35.4 Å². The topological polar surface area (TPSA) is 46.2 Å². The Kier molecular flexibility index (Phi) is 4.69. The van der Waals surface area contributed by atoms with Gasteiger partial charge in [0.15, 0.2) is 5.78 Å². The Balaban J connectivity index is 2.86. The van der Waals surface area contributed by atoms with Gasteiger partial charge in [-0.25, -0.2) is 0 Å². The zero-order chi connectivity index (χ0) is 14.6. The monoisotopic (exact) mass is 273 g/mol. The van der Waals surface area contributed by atoms with Gasteiger partial charge in [-0.15, -0.1) is 0 Å². The SMILES string of the molecule is CCC(=O)C(C)NC(=O)c1cccc(C(F)(F)F)c1. The Morgan fingerprint density at radius 1 is 1.32 bits per heavy atom. The van der Waals surface area contributed by atoms with Crippen LogP contribution in [0.2, 0.25) is 0 Å². The van der Waals surface area contributed by atoms with Crippen LogP contribution in [0, 0.1) is 0 Å². The summed E-state index contributed by atoms with van der Waals surface area (Å²) in [5.74, 6) is -0.874. The first-order valence-corrected chi connectivity index (χ1v) is 5.76. The molecule has 1 rings (SSSR count). The molecule has 1 aromatic rings. The highest BCUT2D eigenvalue weighted by atomic mass is 19.4. The number of nitrogens with one attached hydrogen (secondary N) is 1. The molecule has 1 amide bonds. The van der Waals surface area contributed by atoms with Crippen LogP contribution < -0.4 is 5.32 Å². The van der Waals surface area contributed by atoms with E-state index in [1.54, 1.807) is 6.92 Å². The number of alkyl halides is 3. The van der Waals surface area contributed by atoms with Crippen molar-refractivity contribution >= 4 is 11.7 Å². The number of hydrogen-bond acceptors (Lipinski definition) is 2. The Labute approximate surface area is 108 Å². The van der Waals surface area contributed by atoms with Crippen molar-refractivity contribution in [3.63, 3.8) is 0 Å². The van der Waals surface area contributed by atoms with Gasteiger partial charge in [0, 0.05) is 12.0 Å². The lowest BCUT2D eigenvalue weighted by Gasteiger charge is -2.13. The van der Waals surface area contributed by atoms with Crippen LogP contribution >= 0.6 is 0 Å². The summed E-state index contributed by atoms with van der Waals surface area (Å²) in [7, 11) is 0. The van der Waals surface area contributed by atoms with Gasteiger partial charge in [0.25, 0.3) is 5.91 Å². The maximum absolute atomic E-state index is 12.5. The molecule has 0 heterocycles. The molecule has 6 heteroatoms. The molecule has 1 atom stereocenters. The van der Waals surface area contributed by atoms with Crippen molar-refractivity contribution in [2.45, 2.75) is 32.5 Å². The predicted octanol–water partition coefficient (Wildman–Crippen LogP) is 2.80. The molecule has 0 saturated heterocycles. The lowest BCUT2D eigenvalue weighted by molar-refractivity contribution is -0.137. The largest absolute Gasteiger partial charge is 0.416 e. The van der Waals surface area contributed by atoms with E-state index < -0.39 is 23.7 Å². The fourth-order valence-corrected chi connectivity index (χ4v) is 1.50. The minimum atomic E-state index is -4.50. The maximum atomic E-state index is 12.5. The zero-order valence-corrected chi connectivity index (χ0v) is 10.5. The first-order valence-electron chi connectivity index (χ1n) is 5.76. The molecule has 19 heavy (non-hydrogen) atoms.